The van der Waals surface area contributed by atoms with Crippen molar-refractivity contribution in [3.8, 4) is 0 Å². The first-order valence-corrected chi connectivity index (χ1v) is 7.78. The molecule has 20 heavy (non-hydrogen) atoms. The minimum absolute atomic E-state index is 0.00588. The number of amides is 2. The Balaban J connectivity index is 1.95. The normalized spacial score (nSPS) is 30.1. The summed E-state index contributed by atoms with van der Waals surface area (Å²) in [5, 5.41) is 8.91. The minimum Gasteiger partial charge on any atom is -0.357 e. The molecule has 3 N–H and O–H groups in total. The largest absolute Gasteiger partial charge is 0.357 e. The molecule has 114 valence electrons. The van der Waals surface area contributed by atoms with Crippen molar-refractivity contribution in [2.75, 3.05) is 13.6 Å². The third kappa shape index (κ3) is 3.32. The van der Waals surface area contributed by atoms with Gasteiger partial charge < -0.3 is 16.0 Å². The van der Waals surface area contributed by atoms with Crippen LogP contribution in [0.25, 0.3) is 0 Å². The highest BCUT2D eigenvalue weighted by Crippen LogP contribution is 2.37. The second-order valence-electron chi connectivity index (χ2n) is 6.55. The van der Waals surface area contributed by atoms with Crippen molar-refractivity contribution < 1.29 is 9.59 Å². The lowest BCUT2D eigenvalue weighted by molar-refractivity contribution is -0.130. The van der Waals surface area contributed by atoms with E-state index in [0.29, 0.717) is 24.2 Å². The van der Waals surface area contributed by atoms with Crippen LogP contribution in [0.3, 0.4) is 0 Å². The highest BCUT2D eigenvalue weighted by atomic mass is 16.2. The second kappa shape index (κ2) is 6.57. The van der Waals surface area contributed by atoms with E-state index in [4.69, 9.17) is 0 Å². The van der Waals surface area contributed by atoms with Crippen LogP contribution in [-0.2, 0) is 9.59 Å². The number of fused-ring (bicyclic) bond motifs is 1. The van der Waals surface area contributed by atoms with E-state index < -0.39 is 6.04 Å². The lowest BCUT2D eigenvalue weighted by Crippen LogP contribution is -2.52. The van der Waals surface area contributed by atoms with Gasteiger partial charge in [0.2, 0.25) is 11.8 Å². The molecule has 0 spiro atoms. The number of carbonyl (C=O) groups is 2. The lowest BCUT2D eigenvalue weighted by atomic mass is 9.93. The predicted octanol–water partition coefficient (Wildman–Crippen LogP) is 0.651. The molecule has 1 aliphatic heterocycles. The average Bonchev–Trinajstić information content (AvgIpc) is 2.98. The molecule has 0 aromatic rings. The van der Waals surface area contributed by atoms with Crippen LogP contribution in [-0.4, -0.2) is 37.5 Å². The van der Waals surface area contributed by atoms with Crippen LogP contribution in [0, 0.1) is 17.8 Å². The first-order valence-electron chi connectivity index (χ1n) is 7.78. The van der Waals surface area contributed by atoms with Gasteiger partial charge in [0.15, 0.2) is 0 Å². The van der Waals surface area contributed by atoms with Gasteiger partial charge in [0.05, 0.1) is 6.04 Å². The maximum absolute atomic E-state index is 12.4. The van der Waals surface area contributed by atoms with E-state index >= 15 is 0 Å². The van der Waals surface area contributed by atoms with Gasteiger partial charge in [-0.3, -0.25) is 9.59 Å². The third-order valence-electron chi connectivity index (χ3n) is 4.61. The van der Waals surface area contributed by atoms with Crippen molar-refractivity contribution in [3.05, 3.63) is 0 Å². The minimum atomic E-state index is -0.422. The van der Waals surface area contributed by atoms with Crippen molar-refractivity contribution in [3.63, 3.8) is 0 Å². The monoisotopic (exact) mass is 281 g/mol. The van der Waals surface area contributed by atoms with E-state index in [9.17, 15) is 9.59 Å². The zero-order chi connectivity index (χ0) is 14.7. The molecule has 1 saturated carbocycles. The molecule has 4 atom stereocenters. The molecule has 4 unspecified atom stereocenters. The molecule has 1 heterocycles. The molecule has 0 aromatic carbocycles. The smallest absolute Gasteiger partial charge is 0.242 e. The third-order valence-corrected chi connectivity index (χ3v) is 4.61. The average molecular weight is 281 g/mol. The molecule has 2 rings (SSSR count). The number of hydrogen-bond donors (Lipinski definition) is 3. The van der Waals surface area contributed by atoms with Crippen molar-refractivity contribution in [1.82, 2.24) is 16.0 Å². The molecule has 0 radical (unpaired) electrons. The van der Waals surface area contributed by atoms with Crippen LogP contribution < -0.4 is 16.0 Å². The number of hydrogen-bond acceptors (Lipinski definition) is 3. The number of nitrogens with one attached hydrogen (secondary N) is 3. The summed E-state index contributed by atoms with van der Waals surface area (Å²) in [5.74, 6) is 1.36. The number of carbonyl (C=O) groups excluding carboxylic acids is 2. The topological polar surface area (TPSA) is 70.2 Å². The number of rotatable bonds is 5. The summed E-state index contributed by atoms with van der Waals surface area (Å²) in [6.07, 6.45) is 4.26. The highest BCUT2D eigenvalue weighted by Gasteiger charge is 2.43. The van der Waals surface area contributed by atoms with Gasteiger partial charge in [-0.15, -0.1) is 0 Å². The SMILES string of the molecule is CNC(=O)C(CC(C)C)NC(=O)C1NCC2CCCC21. The van der Waals surface area contributed by atoms with Gasteiger partial charge in [-0.2, -0.15) is 0 Å². The number of likely N-dealkylation sites (N-methyl/N-ethyl adjacent to an activating group) is 1. The first-order chi connectivity index (χ1) is 9.52. The first kappa shape index (κ1) is 15.3. The Hall–Kier alpha value is -1.10. The van der Waals surface area contributed by atoms with Gasteiger partial charge >= 0.3 is 0 Å². The van der Waals surface area contributed by atoms with E-state index in [1.807, 2.05) is 0 Å². The molecule has 0 bridgehead atoms. The van der Waals surface area contributed by atoms with Crippen molar-refractivity contribution >= 4 is 11.8 Å². The van der Waals surface area contributed by atoms with Gasteiger partial charge in [0, 0.05) is 7.05 Å². The zero-order valence-corrected chi connectivity index (χ0v) is 12.7. The van der Waals surface area contributed by atoms with Crippen molar-refractivity contribution in [2.24, 2.45) is 17.8 Å². The zero-order valence-electron chi connectivity index (χ0n) is 12.7. The fourth-order valence-electron chi connectivity index (χ4n) is 3.61. The Bertz CT molecular complexity index is 370. The Morgan fingerprint density at radius 1 is 1.30 bits per heavy atom. The molecule has 1 aliphatic carbocycles. The molecule has 2 aliphatic rings. The fraction of sp³-hybridized carbons (Fsp3) is 0.867. The van der Waals surface area contributed by atoms with E-state index in [-0.39, 0.29) is 17.9 Å². The Kier molecular flexibility index (Phi) is 5.02. The van der Waals surface area contributed by atoms with Gasteiger partial charge in [-0.05, 0) is 43.6 Å². The summed E-state index contributed by atoms with van der Waals surface area (Å²) < 4.78 is 0. The van der Waals surface area contributed by atoms with Gasteiger partial charge in [0.1, 0.15) is 6.04 Å². The lowest BCUT2D eigenvalue weighted by Gasteiger charge is -2.23. The van der Waals surface area contributed by atoms with Crippen molar-refractivity contribution in [2.45, 2.75) is 51.6 Å². The highest BCUT2D eigenvalue weighted by molar-refractivity contribution is 5.90. The summed E-state index contributed by atoms with van der Waals surface area (Å²) in [5.41, 5.74) is 0. The van der Waals surface area contributed by atoms with Gasteiger partial charge in [-0.25, -0.2) is 0 Å². The van der Waals surface area contributed by atoms with Crippen LogP contribution >= 0.6 is 0 Å². The molecule has 2 fully saturated rings. The Labute approximate surface area is 121 Å². The van der Waals surface area contributed by atoms with Crippen LogP contribution in [0.5, 0.6) is 0 Å². The van der Waals surface area contributed by atoms with Crippen LogP contribution in [0.2, 0.25) is 0 Å². The van der Waals surface area contributed by atoms with Crippen LogP contribution in [0.15, 0.2) is 0 Å². The second-order valence-corrected chi connectivity index (χ2v) is 6.55. The van der Waals surface area contributed by atoms with E-state index in [2.05, 4.69) is 29.8 Å². The van der Waals surface area contributed by atoms with Crippen LogP contribution in [0.4, 0.5) is 0 Å². The van der Waals surface area contributed by atoms with Crippen molar-refractivity contribution in [1.29, 1.82) is 0 Å². The van der Waals surface area contributed by atoms with E-state index in [0.717, 1.165) is 13.0 Å². The fourth-order valence-corrected chi connectivity index (χ4v) is 3.61. The summed E-state index contributed by atoms with van der Waals surface area (Å²) in [7, 11) is 1.61. The summed E-state index contributed by atoms with van der Waals surface area (Å²) in [4.78, 5) is 24.3. The Morgan fingerprint density at radius 3 is 2.70 bits per heavy atom. The molecule has 1 saturated heterocycles. The molecular weight excluding hydrogens is 254 g/mol. The predicted molar refractivity (Wildman–Crippen MR) is 78.1 cm³/mol. The standard InChI is InChI=1S/C15H27N3O2/c1-9(2)7-12(14(19)16-3)18-15(20)13-11-6-4-5-10(11)8-17-13/h9-13,17H,4-8H2,1-3H3,(H,16,19)(H,18,20). The maximum atomic E-state index is 12.4. The van der Waals surface area contributed by atoms with Gasteiger partial charge in [0.25, 0.3) is 0 Å². The summed E-state index contributed by atoms with van der Waals surface area (Å²) in [6, 6.07) is -0.531. The van der Waals surface area contributed by atoms with E-state index in [1.54, 1.807) is 7.05 Å². The molecule has 5 heteroatoms. The quantitative estimate of drug-likeness (QED) is 0.693. The summed E-state index contributed by atoms with van der Waals surface area (Å²) in [6.45, 7) is 5.06. The van der Waals surface area contributed by atoms with Crippen LogP contribution in [0.1, 0.15) is 39.5 Å². The van der Waals surface area contributed by atoms with E-state index in [1.165, 1.54) is 12.8 Å². The molecular formula is C15H27N3O2. The Morgan fingerprint density at radius 2 is 2.05 bits per heavy atom. The maximum Gasteiger partial charge on any atom is 0.242 e. The molecule has 0 aromatic heterocycles. The molecule has 2 amide bonds. The summed E-state index contributed by atoms with van der Waals surface area (Å²) >= 11 is 0. The molecule has 5 nitrogen and oxygen atoms in total. The van der Waals surface area contributed by atoms with Gasteiger partial charge in [-0.1, -0.05) is 20.3 Å².